The van der Waals surface area contributed by atoms with Crippen LogP contribution in [0.15, 0.2) is 0 Å². The van der Waals surface area contributed by atoms with Gasteiger partial charge in [-0.2, -0.15) is 0 Å². The van der Waals surface area contributed by atoms with Crippen molar-refractivity contribution in [2.24, 2.45) is 33.5 Å². The normalized spacial score (nSPS) is 47.1. The third kappa shape index (κ3) is 3.38. The molecule has 0 amide bonds. The molecule has 0 aromatic heterocycles. The molecule has 32 heavy (non-hydrogen) atoms. The summed E-state index contributed by atoms with van der Waals surface area (Å²) in [5.41, 5.74) is -0.544. The Hall–Kier alpha value is -1.59. The number of carbonyl (C=O) groups excluding carboxylic acids is 3. The van der Waals surface area contributed by atoms with E-state index in [4.69, 9.17) is 14.2 Å². The van der Waals surface area contributed by atoms with Gasteiger partial charge in [0.2, 0.25) is 0 Å². The fourth-order valence-corrected chi connectivity index (χ4v) is 8.90. The van der Waals surface area contributed by atoms with Gasteiger partial charge in [0.25, 0.3) is 0 Å². The van der Waals surface area contributed by atoms with E-state index in [9.17, 15) is 14.4 Å². The molecule has 4 aliphatic rings. The number of hydrogen-bond acceptors (Lipinski definition) is 6. The highest BCUT2D eigenvalue weighted by Gasteiger charge is 2.74. The second kappa shape index (κ2) is 7.73. The first-order chi connectivity index (χ1) is 14.9. The molecular weight excluding hydrogens is 408 g/mol. The van der Waals surface area contributed by atoms with E-state index in [1.165, 1.54) is 20.8 Å². The van der Waals surface area contributed by atoms with Crippen LogP contribution in [0, 0.1) is 33.5 Å². The maximum Gasteiger partial charge on any atom is 0.302 e. The standard InChI is InChI=1S/C26H40O6/c1-16(27)30-15-24(5)9-7-10-25(6)19-8-11-23(4)12-13-26(19,22(23)32-18(3)29)21(14-20(24)25)31-17(2)28/h19-22H,7-15H2,1-6H3/t19-,20+,21-,22?,23+,24+,25-,26+/m0/s1. The van der Waals surface area contributed by atoms with Crippen LogP contribution in [-0.2, 0) is 28.6 Å². The predicted molar refractivity (Wildman–Crippen MR) is 118 cm³/mol. The third-order valence-electron chi connectivity index (χ3n) is 10.0. The van der Waals surface area contributed by atoms with Gasteiger partial charge in [-0.1, -0.05) is 27.2 Å². The van der Waals surface area contributed by atoms with E-state index in [1.807, 2.05) is 0 Å². The lowest BCUT2D eigenvalue weighted by Gasteiger charge is -2.67. The molecule has 1 unspecified atom stereocenters. The molecule has 180 valence electrons. The van der Waals surface area contributed by atoms with Crippen molar-refractivity contribution in [1.82, 2.24) is 0 Å². The molecular formula is C26H40O6. The Labute approximate surface area is 192 Å². The Morgan fingerprint density at radius 2 is 1.50 bits per heavy atom. The highest BCUT2D eigenvalue weighted by atomic mass is 16.6. The van der Waals surface area contributed by atoms with Crippen LogP contribution in [0.5, 0.6) is 0 Å². The second-order valence-electron chi connectivity index (χ2n) is 12.0. The summed E-state index contributed by atoms with van der Waals surface area (Å²) in [6.07, 6.45) is 7.41. The number of ether oxygens (including phenoxy) is 3. The molecule has 0 N–H and O–H groups in total. The summed E-state index contributed by atoms with van der Waals surface area (Å²) in [4.78, 5) is 36.1. The van der Waals surface area contributed by atoms with Gasteiger partial charge in [-0.05, 0) is 62.2 Å². The number of carbonyl (C=O) groups is 3. The van der Waals surface area contributed by atoms with Gasteiger partial charge < -0.3 is 14.2 Å². The highest BCUT2D eigenvalue weighted by molar-refractivity contribution is 5.67. The molecule has 4 fully saturated rings. The summed E-state index contributed by atoms with van der Waals surface area (Å²) in [6.45, 7) is 11.7. The van der Waals surface area contributed by atoms with Gasteiger partial charge >= 0.3 is 17.9 Å². The molecule has 0 radical (unpaired) electrons. The zero-order valence-corrected chi connectivity index (χ0v) is 20.6. The Balaban J connectivity index is 1.80. The summed E-state index contributed by atoms with van der Waals surface area (Å²) in [6, 6.07) is 0. The van der Waals surface area contributed by atoms with Crippen LogP contribution in [0.2, 0.25) is 0 Å². The Morgan fingerprint density at radius 1 is 0.812 bits per heavy atom. The first-order valence-electron chi connectivity index (χ1n) is 12.4. The molecule has 2 bridgehead atoms. The molecule has 4 rings (SSSR count). The van der Waals surface area contributed by atoms with Gasteiger partial charge in [0, 0.05) is 37.0 Å². The smallest absolute Gasteiger partial charge is 0.302 e. The van der Waals surface area contributed by atoms with Crippen LogP contribution in [0.25, 0.3) is 0 Å². The molecule has 1 spiro atoms. The fraction of sp³-hybridized carbons (Fsp3) is 0.885. The average molecular weight is 449 g/mol. The quantitative estimate of drug-likeness (QED) is 0.453. The van der Waals surface area contributed by atoms with Crippen molar-refractivity contribution in [3.63, 3.8) is 0 Å². The predicted octanol–water partition coefficient (Wildman–Crippen LogP) is 4.83. The third-order valence-corrected chi connectivity index (χ3v) is 10.0. The van der Waals surface area contributed by atoms with Gasteiger partial charge in [-0.25, -0.2) is 0 Å². The molecule has 8 atom stereocenters. The van der Waals surface area contributed by atoms with Gasteiger partial charge in [-0.3, -0.25) is 14.4 Å². The van der Waals surface area contributed by atoms with Crippen LogP contribution in [0.1, 0.15) is 92.9 Å². The van der Waals surface area contributed by atoms with Crippen LogP contribution in [0.3, 0.4) is 0 Å². The van der Waals surface area contributed by atoms with Crippen molar-refractivity contribution >= 4 is 17.9 Å². The van der Waals surface area contributed by atoms with Crippen LogP contribution in [-0.4, -0.2) is 36.7 Å². The molecule has 0 aromatic carbocycles. The summed E-state index contributed by atoms with van der Waals surface area (Å²) in [5, 5.41) is 0. The van der Waals surface area contributed by atoms with E-state index in [0.29, 0.717) is 12.5 Å². The maximum atomic E-state index is 12.3. The van der Waals surface area contributed by atoms with Crippen LogP contribution in [0.4, 0.5) is 0 Å². The van der Waals surface area contributed by atoms with Crippen molar-refractivity contribution in [3.8, 4) is 0 Å². The first-order valence-corrected chi connectivity index (χ1v) is 12.4. The summed E-state index contributed by atoms with van der Waals surface area (Å²) < 4.78 is 17.8. The van der Waals surface area contributed by atoms with Crippen molar-refractivity contribution in [2.75, 3.05) is 6.61 Å². The minimum Gasteiger partial charge on any atom is -0.465 e. The average Bonchev–Trinajstić information content (AvgIpc) is 2.84. The Morgan fingerprint density at radius 3 is 2.12 bits per heavy atom. The lowest BCUT2D eigenvalue weighted by molar-refractivity contribution is -0.257. The minimum atomic E-state index is -0.338. The van der Waals surface area contributed by atoms with E-state index in [0.717, 1.165) is 51.4 Å². The van der Waals surface area contributed by atoms with Crippen LogP contribution < -0.4 is 0 Å². The molecule has 0 aliphatic heterocycles. The number of rotatable bonds is 4. The van der Waals surface area contributed by atoms with Gasteiger partial charge in [-0.15, -0.1) is 0 Å². The molecule has 0 heterocycles. The SMILES string of the molecule is CC(=O)OC[C@@]1(C)CCC[C@]2(C)[C@@H]1C[C@H](OC(C)=O)[C@@]13CC[C@@](C)(CC[C@@H]21)C3OC(C)=O. The van der Waals surface area contributed by atoms with Crippen molar-refractivity contribution in [1.29, 1.82) is 0 Å². The molecule has 6 nitrogen and oxygen atoms in total. The Bertz CT molecular complexity index is 808. The largest absolute Gasteiger partial charge is 0.465 e. The summed E-state index contributed by atoms with van der Waals surface area (Å²) in [5.74, 6) is -0.201. The first kappa shape index (κ1) is 23.6. The lowest BCUT2D eigenvalue weighted by atomic mass is 9.39. The summed E-state index contributed by atoms with van der Waals surface area (Å²) >= 11 is 0. The minimum absolute atomic E-state index is 0.0217. The van der Waals surface area contributed by atoms with E-state index in [-0.39, 0.29) is 57.7 Å². The van der Waals surface area contributed by atoms with Gasteiger partial charge in [0.15, 0.2) is 0 Å². The van der Waals surface area contributed by atoms with E-state index >= 15 is 0 Å². The monoisotopic (exact) mass is 448 g/mol. The number of esters is 3. The number of hydrogen-bond donors (Lipinski definition) is 0. The lowest BCUT2D eigenvalue weighted by Crippen LogP contribution is -2.67. The number of fused-ring (bicyclic) bond motifs is 3. The zero-order chi connectivity index (χ0) is 23.5. The molecule has 4 saturated carbocycles. The molecule has 4 aliphatic carbocycles. The van der Waals surface area contributed by atoms with Crippen molar-refractivity contribution in [3.05, 3.63) is 0 Å². The van der Waals surface area contributed by atoms with E-state index < -0.39 is 0 Å². The summed E-state index contributed by atoms with van der Waals surface area (Å²) in [7, 11) is 0. The zero-order valence-electron chi connectivity index (χ0n) is 20.6. The topological polar surface area (TPSA) is 78.9 Å². The maximum absolute atomic E-state index is 12.3. The van der Waals surface area contributed by atoms with Crippen molar-refractivity contribution < 1.29 is 28.6 Å². The fourth-order valence-electron chi connectivity index (χ4n) is 8.90. The van der Waals surface area contributed by atoms with Crippen LogP contribution >= 0.6 is 0 Å². The molecule has 0 aromatic rings. The van der Waals surface area contributed by atoms with Gasteiger partial charge in [0.05, 0.1) is 6.61 Å². The van der Waals surface area contributed by atoms with Crippen molar-refractivity contribution in [2.45, 2.75) is 105 Å². The second-order valence-corrected chi connectivity index (χ2v) is 12.0. The molecule has 6 heteroatoms. The highest BCUT2D eigenvalue weighted by Crippen LogP contribution is 2.74. The Kier molecular flexibility index (Phi) is 5.69. The van der Waals surface area contributed by atoms with E-state index in [1.54, 1.807) is 0 Å². The van der Waals surface area contributed by atoms with E-state index in [2.05, 4.69) is 20.8 Å². The van der Waals surface area contributed by atoms with Gasteiger partial charge in [0.1, 0.15) is 12.2 Å². The molecule has 0 saturated heterocycles.